The molecule has 16 heavy (non-hydrogen) atoms. The third kappa shape index (κ3) is 3.53. The lowest BCUT2D eigenvalue weighted by atomic mass is 10.2. The van der Waals surface area contributed by atoms with Crippen molar-refractivity contribution in [2.45, 2.75) is 27.7 Å². The molecular formula is C12H18NO3+. The van der Waals surface area contributed by atoms with E-state index in [1.54, 1.807) is 0 Å². The maximum absolute atomic E-state index is 11.4. The van der Waals surface area contributed by atoms with E-state index in [4.69, 9.17) is 9.57 Å². The Bertz CT molecular complexity index is 354. The fourth-order valence-corrected chi connectivity index (χ4v) is 1.22. The standard InChI is InChI=1S/C12H18NO3/c1-9(2)8-15-12(14)16-13-10(3)6-5-7-11(13)4/h5-7,9H,8H2,1-4H3/q+1. The second-order valence-electron chi connectivity index (χ2n) is 4.15. The molecule has 0 N–H and O–H groups in total. The first kappa shape index (κ1) is 12.5. The molecule has 88 valence electrons. The van der Waals surface area contributed by atoms with E-state index < -0.39 is 6.16 Å². The minimum absolute atomic E-state index is 0.301. The molecule has 0 saturated heterocycles. The molecule has 0 unspecified atom stereocenters. The van der Waals surface area contributed by atoms with Crippen molar-refractivity contribution in [3.8, 4) is 0 Å². The highest BCUT2D eigenvalue weighted by Gasteiger charge is 2.18. The number of carbonyl (C=O) groups excluding carboxylic acids is 1. The molecule has 0 atom stereocenters. The molecule has 0 bridgehead atoms. The van der Waals surface area contributed by atoms with Crippen LogP contribution in [0.4, 0.5) is 4.79 Å². The number of ether oxygens (including phenoxy) is 1. The summed E-state index contributed by atoms with van der Waals surface area (Å²) in [5, 5.41) is 0. The van der Waals surface area contributed by atoms with Crippen LogP contribution in [-0.4, -0.2) is 12.8 Å². The topological polar surface area (TPSA) is 39.4 Å². The second-order valence-corrected chi connectivity index (χ2v) is 4.15. The Morgan fingerprint density at radius 3 is 2.38 bits per heavy atom. The minimum atomic E-state index is -0.670. The maximum Gasteiger partial charge on any atom is 0.572 e. The van der Waals surface area contributed by atoms with Gasteiger partial charge >= 0.3 is 6.16 Å². The molecule has 4 heteroatoms. The summed E-state index contributed by atoms with van der Waals surface area (Å²) in [6.07, 6.45) is -0.670. The predicted molar refractivity (Wildman–Crippen MR) is 58.9 cm³/mol. The average Bonchev–Trinajstić information content (AvgIpc) is 2.21. The minimum Gasteiger partial charge on any atom is -0.430 e. The smallest absolute Gasteiger partial charge is 0.430 e. The van der Waals surface area contributed by atoms with E-state index in [0.29, 0.717) is 12.5 Å². The van der Waals surface area contributed by atoms with Gasteiger partial charge in [0.1, 0.15) is 0 Å². The summed E-state index contributed by atoms with van der Waals surface area (Å²) in [7, 11) is 0. The predicted octanol–water partition coefficient (Wildman–Crippen LogP) is 1.81. The van der Waals surface area contributed by atoms with Crippen molar-refractivity contribution in [3.05, 3.63) is 29.6 Å². The number of aryl methyl sites for hydroxylation is 2. The number of hydrogen-bond donors (Lipinski definition) is 0. The Hall–Kier alpha value is -1.58. The Kier molecular flexibility index (Phi) is 4.28. The van der Waals surface area contributed by atoms with Gasteiger partial charge in [-0.05, 0) is 12.0 Å². The van der Waals surface area contributed by atoms with E-state index in [9.17, 15) is 4.79 Å². The van der Waals surface area contributed by atoms with Gasteiger partial charge in [-0.2, -0.15) is 4.79 Å². The zero-order chi connectivity index (χ0) is 12.1. The SMILES string of the molecule is Cc1cccc(C)[n+]1OC(=O)OCC(C)C. The van der Waals surface area contributed by atoms with Gasteiger partial charge in [0, 0.05) is 30.7 Å². The van der Waals surface area contributed by atoms with Crippen LogP contribution >= 0.6 is 0 Å². The van der Waals surface area contributed by atoms with Crippen LogP contribution in [0, 0.1) is 19.8 Å². The zero-order valence-corrected chi connectivity index (χ0v) is 10.2. The molecule has 0 radical (unpaired) electrons. The van der Waals surface area contributed by atoms with Crippen molar-refractivity contribution in [2.75, 3.05) is 6.61 Å². The monoisotopic (exact) mass is 224 g/mol. The largest absolute Gasteiger partial charge is 0.572 e. The third-order valence-corrected chi connectivity index (χ3v) is 2.02. The quantitative estimate of drug-likeness (QED) is 0.580. The molecule has 4 nitrogen and oxygen atoms in total. The maximum atomic E-state index is 11.4. The van der Waals surface area contributed by atoms with Crippen LogP contribution < -0.4 is 9.57 Å². The first-order valence-corrected chi connectivity index (χ1v) is 5.34. The summed E-state index contributed by atoms with van der Waals surface area (Å²) >= 11 is 0. The van der Waals surface area contributed by atoms with Gasteiger partial charge in [-0.25, -0.2) is 0 Å². The molecule has 0 fully saturated rings. The van der Waals surface area contributed by atoms with Crippen molar-refractivity contribution in [1.82, 2.24) is 0 Å². The van der Waals surface area contributed by atoms with Crippen molar-refractivity contribution in [3.63, 3.8) is 0 Å². The van der Waals surface area contributed by atoms with Crippen LogP contribution in [0.25, 0.3) is 0 Å². The van der Waals surface area contributed by atoms with Gasteiger partial charge in [-0.1, -0.05) is 13.8 Å². The van der Waals surface area contributed by atoms with Gasteiger partial charge in [-0.3, -0.25) is 0 Å². The van der Waals surface area contributed by atoms with E-state index in [2.05, 4.69) is 0 Å². The first-order chi connectivity index (χ1) is 7.50. The molecule has 0 saturated carbocycles. The van der Waals surface area contributed by atoms with Crippen LogP contribution in [0.5, 0.6) is 0 Å². The van der Waals surface area contributed by atoms with Gasteiger partial charge < -0.3 is 4.74 Å². The molecule has 1 aromatic heterocycles. The van der Waals surface area contributed by atoms with Gasteiger partial charge in [0.15, 0.2) is 0 Å². The van der Waals surface area contributed by atoms with Crippen LogP contribution in [0.2, 0.25) is 0 Å². The van der Waals surface area contributed by atoms with Crippen LogP contribution in [0.3, 0.4) is 0 Å². The van der Waals surface area contributed by atoms with E-state index in [1.165, 1.54) is 4.73 Å². The fraction of sp³-hybridized carbons (Fsp3) is 0.500. The van der Waals surface area contributed by atoms with Crippen LogP contribution in [-0.2, 0) is 4.74 Å². The fourth-order valence-electron chi connectivity index (χ4n) is 1.22. The number of nitrogens with zero attached hydrogens (tertiary/aromatic N) is 1. The lowest BCUT2D eigenvalue weighted by Crippen LogP contribution is -2.50. The van der Waals surface area contributed by atoms with Crippen molar-refractivity contribution in [1.29, 1.82) is 0 Å². The molecule has 1 aromatic rings. The Morgan fingerprint density at radius 2 is 1.88 bits per heavy atom. The van der Waals surface area contributed by atoms with Crippen molar-refractivity contribution >= 4 is 6.16 Å². The van der Waals surface area contributed by atoms with Gasteiger partial charge in [0.2, 0.25) is 11.4 Å². The number of hydrogen-bond acceptors (Lipinski definition) is 3. The van der Waals surface area contributed by atoms with E-state index in [-0.39, 0.29) is 0 Å². The number of pyridine rings is 1. The molecule has 0 aliphatic heterocycles. The molecule has 0 amide bonds. The normalized spacial score (nSPS) is 10.3. The summed E-state index contributed by atoms with van der Waals surface area (Å²) in [4.78, 5) is 16.4. The lowest BCUT2D eigenvalue weighted by Gasteiger charge is -2.05. The first-order valence-electron chi connectivity index (χ1n) is 5.34. The third-order valence-electron chi connectivity index (χ3n) is 2.02. The van der Waals surface area contributed by atoms with E-state index in [0.717, 1.165) is 11.4 Å². The molecule has 0 aliphatic rings. The molecule has 0 aliphatic carbocycles. The highest BCUT2D eigenvalue weighted by molar-refractivity contribution is 5.59. The highest BCUT2D eigenvalue weighted by Crippen LogP contribution is 1.95. The lowest BCUT2D eigenvalue weighted by molar-refractivity contribution is -0.878. The molecule has 0 aromatic carbocycles. The van der Waals surface area contributed by atoms with Gasteiger partial charge in [-0.15, -0.1) is 4.84 Å². The molecule has 0 spiro atoms. The number of carbonyl (C=O) groups is 1. The van der Waals surface area contributed by atoms with Crippen LogP contribution in [0.15, 0.2) is 18.2 Å². The zero-order valence-electron chi connectivity index (χ0n) is 10.2. The molecule has 1 rings (SSSR count). The highest BCUT2D eigenvalue weighted by atomic mass is 16.8. The average molecular weight is 224 g/mol. The summed E-state index contributed by atoms with van der Waals surface area (Å²) < 4.78 is 6.40. The number of rotatable bonds is 3. The summed E-state index contributed by atoms with van der Waals surface area (Å²) in [6.45, 7) is 8.04. The van der Waals surface area contributed by atoms with Gasteiger partial charge in [0.05, 0.1) is 6.61 Å². The summed E-state index contributed by atoms with van der Waals surface area (Å²) in [5.41, 5.74) is 1.70. The summed E-state index contributed by atoms with van der Waals surface area (Å²) in [5.74, 6) is 0.301. The molecular weight excluding hydrogens is 206 g/mol. The van der Waals surface area contributed by atoms with E-state index in [1.807, 2.05) is 45.9 Å². The van der Waals surface area contributed by atoms with E-state index >= 15 is 0 Å². The van der Waals surface area contributed by atoms with Crippen molar-refractivity contribution < 1.29 is 19.1 Å². The number of aromatic nitrogens is 1. The van der Waals surface area contributed by atoms with Gasteiger partial charge in [0.25, 0.3) is 0 Å². The summed E-state index contributed by atoms with van der Waals surface area (Å²) in [6, 6.07) is 5.63. The Labute approximate surface area is 95.8 Å². The Balaban J connectivity index is 2.63. The molecule has 1 heterocycles. The second kappa shape index (κ2) is 5.49. The van der Waals surface area contributed by atoms with Crippen molar-refractivity contribution in [2.24, 2.45) is 5.92 Å². The van der Waals surface area contributed by atoms with Crippen LogP contribution in [0.1, 0.15) is 25.2 Å². The Morgan fingerprint density at radius 1 is 1.31 bits per heavy atom.